The van der Waals surface area contributed by atoms with Gasteiger partial charge in [0.15, 0.2) is 0 Å². The summed E-state index contributed by atoms with van der Waals surface area (Å²) < 4.78 is 5.36. The predicted octanol–water partition coefficient (Wildman–Crippen LogP) is 2.09. The van der Waals surface area contributed by atoms with Gasteiger partial charge in [0.1, 0.15) is 5.75 Å². The third kappa shape index (κ3) is 7.31. The zero-order valence-electron chi connectivity index (χ0n) is 10.4. The molecule has 0 saturated carbocycles. The second kappa shape index (κ2) is 8.37. The molecule has 0 atom stereocenters. The number of halogens is 1. The van der Waals surface area contributed by atoms with Crippen molar-refractivity contribution < 1.29 is 19.4 Å². The van der Waals surface area contributed by atoms with Gasteiger partial charge in [-0.25, -0.2) is 0 Å². The lowest BCUT2D eigenvalue weighted by Gasteiger charge is -2.07. The van der Waals surface area contributed by atoms with Crippen LogP contribution in [0, 0.1) is 0 Å². The number of benzene rings is 1. The Morgan fingerprint density at radius 2 is 1.89 bits per heavy atom. The molecule has 1 amide bonds. The Bertz CT molecular complexity index is 419. The van der Waals surface area contributed by atoms with E-state index in [2.05, 4.69) is 5.32 Å². The molecule has 0 saturated heterocycles. The van der Waals surface area contributed by atoms with Gasteiger partial charge in [-0.05, 0) is 30.7 Å². The minimum atomic E-state index is -0.861. The monoisotopic (exact) mass is 285 g/mol. The van der Waals surface area contributed by atoms with Gasteiger partial charge in [-0.2, -0.15) is 0 Å². The molecule has 0 aromatic heterocycles. The molecule has 0 unspecified atom stereocenters. The highest BCUT2D eigenvalue weighted by molar-refractivity contribution is 6.30. The van der Waals surface area contributed by atoms with Crippen molar-refractivity contribution in [3.63, 3.8) is 0 Å². The van der Waals surface area contributed by atoms with E-state index < -0.39 is 5.97 Å². The number of amides is 1. The van der Waals surface area contributed by atoms with Crippen LogP contribution in [-0.4, -0.2) is 30.1 Å². The summed E-state index contributed by atoms with van der Waals surface area (Å²) in [7, 11) is 0. The second-order valence-corrected chi connectivity index (χ2v) is 4.34. The van der Waals surface area contributed by atoms with E-state index in [1.54, 1.807) is 24.3 Å². The van der Waals surface area contributed by atoms with Gasteiger partial charge in [0.25, 0.3) is 0 Å². The van der Waals surface area contributed by atoms with Crippen LogP contribution in [0.2, 0.25) is 5.02 Å². The molecule has 5 nitrogen and oxygen atoms in total. The number of carboxylic acid groups (broad SMARTS) is 1. The van der Waals surface area contributed by atoms with Gasteiger partial charge < -0.3 is 15.2 Å². The summed E-state index contributed by atoms with van der Waals surface area (Å²) in [5, 5.41) is 11.7. The Morgan fingerprint density at radius 1 is 1.21 bits per heavy atom. The first-order chi connectivity index (χ1) is 9.08. The molecule has 2 N–H and O–H groups in total. The summed E-state index contributed by atoms with van der Waals surface area (Å²) in [5.41, 5.74) is 0. The smallest absolute Gasteiger partial charge is 0.303 e. The summed E-state index contributed by atoms with van der Waals surface area (Å²) in [6.45, 7) is 0.637. The van der Waals surface area contributed by atoms with E-state index in [1.807, 2.05) is 0 Å². The number of hydrogen-bond acceptors (Lipinski definition) is 3. The van der Waals surface area contributed by atoms with Crippen molar-refractivity contribution in [2.75, 3.05) is 13.2 Å². The Labute approximate surface area is 116 Å². The van der Waals surface area contributed by atoms with E-state index in [0.29, 0.717) is 23.7 Å². The normalized spacial score (nSPS) is 9.95. The van der Waals surface area contributed by atoms with Crippen molar-refractivity contribution in [1.29, 1.82) is 0 Å². The predicted molar refractivity (Wildman–Crippen MR) is 71.4 cm³/mol. The fourth-order valence-corrected chi connectivity index (χ4v) is 1.47. The number of carbonyl (C=O) groups is 2. The molecule has 0 heterocycles. The van der Waals surface area contributed by atoms with E-state index in [0.717, 1.165) is 0 Å². The third-order valence-corrected chi connectivity index (χ3v) is 2.55. The number of carboxylic acids is 1. The molecule has 1 aromatic rings. The number of carbonyl (C=O) groups excluding carboxylic acids is 1. The number of ether oxygens (including phenoxy) is 1. The summed E-state index contributed by atoms with van der Waals surface area (Å²) >= 11 is 5.73. The van der Waals surface area contributed by atoms with Gasteiger partial charge in [0.2, 0.25) is 5.91 Å². The van der Waals surface area contributed by atoms with Crippen LogP contribution in [0.3, 0.4) is 0 Å². The van der Waals surface area contributed by atoms with Crippen molar-refractivity contribution in [3.8, 4) is 5.75 Å². The lowest BCUT2D eigenvalue weighted by atomic mass is 10.3. The zero-order chi connectivity index (χ0) is 14.1. The summed E-state index contributed by atoms with van der Waals surface area (Å²) in [6.07, 6.45) is 0.719. The molecule has 0 bridgehead atoms. The van der Waals surface area contributed by atoms with E-state index in [9.17, 15) is 9.59 Å². The van der Waals surface area contributed by atoms with Crippen LogP contribution in [0.4, 0.5) is 0 Å². The van der Waals surface area contributed by atoms with Crippen molar-refractivity contribution in [1.82, 2.24) is 5.32 Å². The first-order valence-corrected chi connectivity index (χ1v) is 6.32. The minimum absolute atomic E-state index is 0.0571. The van der Waals surface area contributed by atoms with Crippen LogP contribution in [0.1, 0.15) is 19.3 Å². The topological polar surface area (TPSA) is 75.6 Å². The highest BCUT2D eigenvalue weighted by Crippen LogP contribution is 2.15. The number of aliphatic carboxylic acids is 1. The Morgan fingerprint density at radius 3 is 2.53 bits per heavy atom. The van der Waals surface area contributed by atoms with E-state index >= 15 is 0 Å². The lowest BCUT2D eigenvalue weighted by Crippen LogP contribution is -2.26. The van der Waals surface area contributed by atoms with Crippen LogP contribution < -0.4 is 10.1 Å². The third-order valence-electron chi connectivity index (χ3n) is 2.30. The van der Waals surface area contributed by atoms with E-state index in [4.69, 9.17) is 21.4 Å². The number of rotatable bonds is 8. The number of nitrogens with one attached hydrogen (secondary N) is 1. The highest BCUT2D eigenvalue weighted by atomic mass is 35.5. The fourth-order valence-electron chi connectivity index (χ4n) is 1.35. The molecular weight excluding hydrogens is 270 g/mol. The van der Waals surface area contributed by atoms with Gasteiger partial charge in [-0.15, -0.1) is 0 Å². The SMILES string of the molecule is O=C(O)CCCNC(=O)CCOc1ccc(Cl)cc1. The Balaban J connectivity index is 2.10. The van der Waals surface area contributed by atoms with Crippen molar-refractivity contribution in [2.45, 2.75) is 19.3 Å². The number of hydrogen-bond donors (Lipinski definition) is 2. The first kappa shape index (κ1) is 15.3. The van der Waals surface area contributed by atoms with Crippen molar-refractivity contribution >= 4 is 23.5 Å². The Kier molecular flexibility index (Phi) is 6.74. The maximum Gasteiger partial charge on any atom is 0.303 e. The molecule has 19 heavy (non-hydrogen) atoms. The molecule has 0 radical (unpaired) electrons. The average molecular weight is 286 g/mol. The van der Waals surface area contributed by atoms with Gasteiger partial charge in [0, 0.05) is 18.0 Å². The van der Waals surface area contributed by atoms with Crippen LogP contribution in [0.15, 0.2) is 24.3 Å². The first-order valence-electron chi connectivity index (χ1n) is 5.95. The molecule has 6 heteroatoms. The Hall–Kier alpha value is -1.75. The standard InChI is InChI=1S/C13H16ClNO4/c14-10-3-5-11(6-4-10)19-9-7-12(16)15-8-1-2-13(17)18/h3-6H,1-2,7-9H2,(H,15,16)(H,17,18). The molecule has 1 rings (SSSR count). The van der Waals surface area contributed by atoms with Crippen LogP contribution >= 0.6 is 11.6 Å². The van der Waals surface area contributed by atoms with Crippen LogP contribution in [0.5, 0.6) is 5.75 Å². The van der Waals surface area contributed by atoms with Crippen LogP contribution in [0.25, 0.3) is 0 Å². The highest BCUT2D eigenvalue weighted by Gasteiger charge is 2.02. The lowest BCUT2D eigenvalue weighted by molar-refractivity contribution is -0.137. The molecule has 0 fully saturated rings. The van der Waals surface area contributed by atoms with Gasteiger partial charge >= 0.3 is 5.97 Å². The van der Waals surface area contributed by atoms with E-state index in [1.165, 1.54) is 0 Å². The molecule has 104 valence electrons. The van der Waals surface area contributed by atoms with Gasteiger partial charge in [-0.3, -0.25) is 9.59 Å². The largest absolute Gasteiger partial charge is 0.493 e. The van der Waals surface area contributed by atoms with Crippen molar-refractivity contribution in [2.24, 2.45) is 0 Å². The quantitative estimate of drug-likeness (QED) is 0.717. The summed E-state index contributed by atoms with van der Waals surface area (Å²) in [4.78, 5) is 21.6. The average Bonchev–Trinajstić information content (AvgIpc) is 2.37. The van der Waals surface area contributed by atoms with Crippen molar-refractivity contribution in [3.05, 3.63) is 29.3 Å². The molecular formula is C13H16ClNO4. The summed E-state index contributed by atoms with van der Waals surface area (Å²) in [6, 6.07) is 6.88. The van der Waals surface area contributed by atoms with Crippen LogP contribution in [-0.2, 0) is 9.59 Å². The maximum atomic E-state index is 11.4. The fraction of sp³-hybridized carbons (Fsp3) is 0.385. The molecule has 1 aromatic carbocycles. The minimum Gasteiger partial charge on any atom is -0.493 e. The zero-order valence-corrected chi connectivity index (χ0v) is 11.2. The van der Waals surface area contributed by atoms with Gasteiger partial charge in [-0.1, -0.05) is 11.6 Å². The molecule has 0 aliphatic heterocycles. The van der Waals surface area contributed by atoms with Gasteiger partial charge in [0.05, 0.1) is 13.0 Å². The molecule has 0 spiro atoms. The molecule has 0 aliphatic carbocycles. The summed E-state index contributed by atoms with van der Waals surface area (Å²) in [5.74, 6) is -0.359. The molecule has 0 aliphatic rings. The maximum absolute atomic E-state index is 11.4. The van der Waals surface area contributed by atoms with E-state index in [-0.39, 0.29) is 25.4 Å². The second-order valence-electron chi connectivity index (χ2n) is 3.90.